The molecule has 0 aliphatic heterocycles. The summed E-state index contributed by atoms with van der Waals surface area (Å²) in [6.45, 7) is 8.18. The second-order valence-electron chi connectivity index (χ2n) is 6.10. The number of nitrogens with one attached hydrogen (secondary N) is 1. The highest BCUT2D eigenvalue weighted by molar-refractivity contribution is 5.80. The lowest BCUT2D eigenvalue weighted by atomic mass is 10.2. The van der Waals surface area contributed by atoms with Gasteiger partial charge in [-0.1, -0.05) is 24.3 Å². The number of benzene rings is 2. The number of aryl methyl sites for hydroxylation is 1. The zero-order valence-electron chi connectivity index (χ0n) is 14.7. The molecule has 0 fully saturated rings. The van der Waals surface area contributed by atoms with Gasteiger partial charge in [-0.05, 0) is 63.1 Å². The summed E-state index contributed by atoms with van der Waals surface area (Å²) in [5.74, 6) is 1.39. The van der Waals surface area contributed by atoms with Crippen LogP contribution in [-0.4, -0.2) is 18.1 Å². The van der Waals surface area contributed by atoms with Gasteiger partial charge in [0.05, 0.1) is 6.10 Å². The van der Waals surface area contributed by atoms with E-state index in [4.69, 9.17) is 9.47 Å². The number of carbonyl (C=O) groups excluding carboxylic acids is 1. The normalized spacial score (nSPS) is 11.9. The van der Waals surface area contributed by atoms with E-state index < -0.39 is 6.10 Å². The van der Waals surface area contributed by atoms with Crippen LogP contribution in [0, 0.1) is 6.92 Å². The fraction of sp³-hybridized carbons (Fsp3) is 0.350. The van der Waals surface area contributed by atoms with Crippen molar-refractivity contribution in [2.75, 3.05) is 0 Å². The van der Waals surface area contributed by atoms with Crippen LogP contribution >= 0.6 is 0 Å². The molecule has 1 atom stereocenters. The summed E-state index contributed by atoms with van der Waals surface area (Å²) in [6, 6.07) is 15.4. The van der Waals surface area contributed by atoms with Gasteiger partial charge in [0, 0.05) is 6.54 Å². The molecule has 0 unspecified atom stereocenters. The number of ether oxygens (including phenoxy) is 2. The molecular weight excluding hydrogens is 302 g/mol. The molecule has 0 spiro atoms. The molecule has 0 radical (unpaired) electrons. The Hall–Kier alpha value is -2.49. The van der Waals surface area contributed by atoms with Gasteiger partial charge in [0.1, 0.15) is 11.5 Å². The summed E-state index contributed by atoms with van der Waals surface area (Å²) in [7, 11) is 0. The van der Waals surface area contributed by atoms with Gasteiger partial charge < -0.3 is 14.8 Å². The third kappa shape index (κ3) is 5.61. The maximum absolute atomic E-state index is 12.2. The molecule has 0 bridgehead atoms. The molecule has 4 heteroatoms. The first kappa shape index (κ1) is 17.9. The van der Waals surface area contributed by atoms with E-state index in [1.165, 1.54) is 0 Å². The minimum Gasteiger partial charge on any atom is -0.491 e. The van der Waals surface area contributed by atoms with E-state index in [-0.39, 0.29) is 12.0 Å². The van der Waals surface area contributed by atoms with Crippen LogP contribution in [0.5, 0.6) is 11.5 Å². The quantitative estimate of drug-likeness (QED) is 0.840. The Bertz CT molecular complexity index is 665. The highest BCUT2D eigenvalue weighted by Crippen LogP contribution is 2.15. The van der Waals surface area contributed by atoms with Crippen LogP contribution in [0.1, 0.15) is 31.9 Å². The molecule has 0 saturated heterocycles. The highest BCUT2D eigenvalue weighted by Gasteiger charge is 2.14. The van der Waals surface area contributed by atoms with Crippen LogP contribution in [0.4, 0.5) is 0 Å². The van der Waals surface area contributed by atoms with Gasteiger partial charge in [-0.15, -0.1) is 0 Å². The van der Waals surface area contributed by atoms with Gasteiger partial charge in [0.2, 0.25) is 0 Å². The molecule has 24 heavy (non-hydrogen) atoms. The minimum absolute atomic E-state index is 0.140. The van der Waals surface area contributed by atoms with Crippen LogP contribution in [-0.2, 0) is 11.3 Å². The first-order valence-corrected chi connectivity index (χ1v) is 8.20. The first-order chi connectivity index (χ1) is 11.4. The summed E-state index contributed by atoms with van der Waals surface area (Å²) >= 11 is 0. The van der Waals surface area contributed by atoms with E-state index in [0.29, 0.717) is 12.3 Å². The Kier molecular flexibility index (Phi) is 6.24. The fourth-order valence-corrected chi connectivity index (χ4v) is 2.24. The average molecular weight is 327 g/mol. The van der Waals surface area contributed by atoms with Crippen molar-refractivity contribution in [3.8, 4) is 11.5 Å². The number of hydrogen-bond donors (Lipinski definition) is 1. The van der Waals surface area contributed by atoms with E-state index in [2.05, 4.69) is 5.32 Å². The monoisotopic (exact) mass is 327 g/mol. The van der Waals surface area contributed by atoms with Gasteiger partial charge in [0.25, 0.3) is 5.91 Å². The van der Waals surface area contributed by atoms with Crippen LogP contribution in [0.2, 0.25) is 0 Å². The SMILES string of the molecule is Cc1cccc(O[C@H](C)C(=O)NCc2ccc(OC(C)C)cc2)c1. The molecule has 2 rings (SSSR count). The van der Waals surface area contributed by atoms with E-state index in [0.717, 1.165) is 16.9 Å². The zero-order chi connectivity index (χ0) is 17.5. The Labute approximate surface area is 143 Å². The van der Waals surface area contributed by atoms with Gasteiger partial charge in [-0.3, -0.25) is 4.79 Å². The molecule has 4 nitrogen and oxygen atoms in total. The number of rotatable bonds is 7. The standard InChI is InChI=1S/C20H25NO3/c1-14(2)23-18-10-8-17(9-11-18)13-21-20(22)16(4)24-19-7-5-6-15(3)12-19/h5-12,14,16H,13H2,1-4H3,(H,21,22)/t16-/m1/s1. The predicted molar refractivity (Wildman–Crippen MR) is 95.3 cm³/mol. The summed E-state index contributed by atoms with van der Waals surface area (Å²) in [5.41, 5.74) is 2.12. The molecule has 0 saturated carbocycles. The van der Waals surface area contributed by atoms with Crippen LogP contribution in [0.25, 0.3) is 0 Å². The molecular formula is C20H25NO3. The molecule has 128 valence electrons. The highest BCUT2D eigenvalue weighted by atomic mass is 16.5. The first-order valence-electron chi connectivity index (χ1n) is 8.20. The lowest BCUT2D eigenvalue weighted by Crippen LogP contribution is -2.35. The van der Waals surface area contributed by atoms with Crippen molar-refractivity contribution in [1.82, 2.24) is 5.32 Å². The summed E-state index contributed by atoms with van der Waals surface area (Å²) < 4.78 is 11.3. The smallest absolute Gasteiger partial charge is 0.261 e. The second kappa shape index (κ2) is 8.39. The minimum atomic E-state index is -0.546. The van der Waals surface area contributed by atoms with E-state index in [1.54, 1.807) is 6.92 Å². The van der Waals surface area contributed by atoms with E-state index in [1.807, 2.05) is 69.3 Å². The third-order valence-electron chi connectivity index (χ3n) is 3.43. The van der Waals surface area contributed by atoms with Crippen molar-refractivity contribution in [2.45, 2.75) is 46.4 Å². The maximum Gasteiger partial charge on any atom is 0.261 e. The predicted octanol–water partition coefficient (Wildman–Crippen LogP) is 3.87. The Morgan fingerprint density at radius 2 is 1.71 bits per heavy atom. The molecule has 0 heterocycles. The van der Waals surface area contributed by atoms with E-state index >= 15 is 0 Å². The summed E-state index contributed by atoms with van der Waals surface area (Å²) in [4.78, 5) is 12.2. The lowest BCUT2D eigenvalue weighted by molar-refractivity contribution is -0.127. The number of hydrogen-bond acceptors (Lipinski definition) is 3. The van der Waals surface area contributed by atoms with Crippen molar-refractivity contribution in [1.29, 1.82) is 0 Å². The summed E-state index contributed by atoms with van der Waals surface area (Å²) in [5, 5.41) is 2.89. The van der Waals surface area contributed by atoms with Gasteiger partial charge >= 0.3 is 0 Å². The van der Waals surface area contributed by atoms with Crippen LogP contribution in [0.3, 0.4) is 0 Å². The molecule has 1 N–H and O–H groups in total. The zero-order valence-corrected chi connectivity index (χ0v) is 14.7. The fourth-order valence-electron chi connectivity index (χ4n) is 2.24. The Morgan fingerprint density at radius 1 is 1.00 bits per heavy atom. The molecule has 2 aromatic rings. The summed E-state index contributed by atoms with van der Waals surface area (Å²) in [6.07, 6.45) is -0.398. The molecule has 0 aliphatic rings. The third-order valence-corrected chi connectivity index (χ3v) is 3.43. The van der Waals surface area contributed by atoms with Crippen LogP contribution < -0.4 is 14.8 Å². The average Bonchev–Trinajstić information content (AvgIpc) is 2.53. The molecule has 2 aromatic carbocycles. The van der Waals surface area contributed by atoms with Crippen molar-refractivity contribution in [3.63, 3.8) is 0 Å². The van der Waals surface area contributed by atoms with Gasteiger partial charge in [-0.2, -0.15) is 0 Å². The molecule has 0 aliphatic carbocycles. The number of amides is 1. The molecule has 1 amide bonds. The largest absolute Gasteiger partial charge is 0.491 e. The van der Waals surface area contributed by atoms with Crippen molar-refractivity contribution in [2.24, 2.45) is 0 Å². The molecule has 0 aromatic heterocycles. The van der Waals surface area contributed by atoms with E-state index in [9.17, 15) is 4.79 Å². The Morgan fingerprint density at radius 3 is 2.33 bits per heavy atom. The maximum atomic E-state index is 12.2. The van der Waals surface area contributed by atoms with Crippen molar-refractivity contribution < 1.29 is 14.3 Å². The van der Waals surface area contributed by atoms with Crippen molar-refractivity contribution >= 4 is 5.91 Å². The lowest BCUT2D eigenvalue weighted by Gasteiger charge is -2.15. The number of carbonyl (C=O) groups is 1. The Balaban J connectivity index is 1.83. The second-order valence-corrected chi connectivity index (χ2v) is 6.10. The van der Waals surface area contributed by atoms with Gasteiger partial charge in [-0.25, -0.2) is 0 Å². The van der Waals surface area contributed by atoms with Gasteiger partial charge in [0.15, 0.2) is 6.10 Å². The van der Waals surface area contributed by atoms with Crippen LogP contribution in [0.15, 0.2) is 48.5 Å². The topological polar surface area (TPSA) is 47.6 Å². The van der Waals surface area contributed by atoms with Crippen molar-refractivity contribution in [3.05, 3.63) is 59.7 Å².